The number of hydrogen-bond acceptors (Lipinski definition) is 1. The van der Waals surface area contributed by atoms with Crippen molar-refractivity contribution in [2.24, 2.45) is 0 Å². The molecule has 0 aliphatic carbocycles. The van der Waals surface area contributed by atoms with Crippen molar-refractivity contribution < 1.29 is 0 Å². The van der Waals surface area contributed by atoms with Crippen LogP contribution in [0.3, 0.4) is 0 Å². The zero-order chi connectivity index (χ0) is 33.9. The van der Waals surface area contributed by atoms with E-state index in [9.17, 15) is 0 Å². The van der Waals surface area contributed by atoms with E-state index in [1.54, 1.807) is 0 Å². The van der Waals surface area contributed by atoms with E-state index < -0.39 is 0 Å². The van der Waals surface area contributed by atoms with Gasteiger partial charge in [0.25, 0.3) is 0 Å². The van der Waals surface area contributed by atoms with Crippen LogP contribution < -0.4 is 0 Å². The maximum absolute atomic E-state index is 5.15. The highest BCUT2D eigenvalue weighted by Crippen LogP contribution is 2.39. The largest absolute Gasteiger partial charge is 0.309 e. The summed E-state index contributed by atoms with van der Waals surface area (Å²) < 4.78 is 4.78. The molecule has 0 bridgehead atoms. The number of benzene rings is 7. The van der Waals surface area contributed by atoms with Crippen LogP contribution in [0, 0.1) is 6.92 Å². The van der Waals surface area contributed by atoms with Gasteiger partial charge in [-0.1, -0.05) is 127 Å². The van der Waals surface area contributed by atoms with Gasteiger partial charge in [0.05, 0.1) is 39.1 Å². The quantitative estimate of drug-likeness (QED) is 0.182. The molecule has 3 heteroatoms. The van der Waals surface area contributed by atoms with Crippen molar-refractivity contribution in [3.8, 4) is 45.0 Å². The second kappa shape index (κ2) is 11.7. The van der Waals surface area contributed by atoms with Crippen LogP contribution in [0.2, 0.25) is 0 Å². The molecule has 0 spiro atoms. The summed E-state index contributed by atoms with van der Waals surface area (Å²) in [5, 5.41) is 4.97. The number of para-hydroxylation sites is 2. The lowest BCUT2D eigenvalue weighted by molar-refractivity contribution is 1.16. The normalized spacial score (nSPS) is 11.6. The highest BCUT2D eigenvalue weighted by atomic mass is 15.0. The number of aryl methyl sites for hydroxylation is 1. The van der Waals surface area contributed by atoms with Crippen LogP contribution in [-0.4, -0.2) is 14.1 Å². The first kappa shape index (κ1) is 29.2. The maximum atomic E-state index is 5.15. The van der Waals surface area contributed by atoms with Crippen LogP contribution in [-0.2, 0) is 0 Å². The van der Waals surface area contributed by atoms with E-state index in [1.807, 2.05) is 0 Å². The number of rotatable bonds is 5. The Morgan fingerprint density at radius 2 is 0.765 bits per heavy atom. The van der Waals surface area contributed by atoms with Gasteiger partial charge in [0, 0.05) is 38.4 Å². The summed E-state index contributed by atoms with van der Waals surface area (Å²) in [5.41, 5.74) is 14.8. The third kappa shape index (κ3) is 4.86. The summed E-state index contributed by atoms with van der Waals surface area (Å²) in [4.78, 5) is 5.15. The molecular weight excluding hydrogens is 619 g/mol. The van der Waals surface area contributed by atoms with Crippen LogP contribution in [0.4, 0.5) is 0 Å². The van der Waals surface area contributed by atoms with Gasteiger partial charge in [-0.15, -0.1) is 0 Å². The first-order valence-electron chi connectivity index (χ1n) is 17.5. The summed E-state index contributed by atoms with van der Waals surface area (Å²) >= 11 is 0. The third-order valence-electron chi connectivity index (χ3n) is 10.2. The molecule has 3 heterocycles. The molecule has 0 saturated carbocycles. The summed E-state index contributed by atoms with van der Waals surface area (Å²) in [6, 6.07) is 65.5. The van der Waals surface area contributed by atoms with Crippen molar-refractivity contribution in [2.45, 2.75) is 6.92 Å². The van der Waals surface area contributed by atoms with Gasteiger partial charge in [0.15, 0.2) is 0 Å². The number of pyridine rings is 1. The van der Waals surface area contributed by atoms with Gasteiger partial charge >= 0.3 is 0 Å². The van der Waals surface area contributed by atoms with Crippen LogP contribution in [0.25, 0.3) is 88.6 Å². The highest BCUT2D eigenvalue weighted by molar-refractivity contribution is 6.12. The molecular formula is C48H33N3. The topological polar surface area (TPSA) is 22.8 Å². The van der Waals surface area contributed by atoms with Crippen LogP contribution in [0.15, 0.2) is 182 Å². The van der Waals surface area contributed by atoms with Crippen molar-refractivity contribution in [1.29, 1.82) is 0 Å². The van der Waals surface area contributed by atoms with E-state index in [2.05, 4.69) is 198 Å². The molecule has 0 saturated heterocycles. The molecule has 0 aliphatic rings. The Kier molecular flexibility index (Phi) is 6.71. The molecule has 10 rings (SSSR count). The van der Waals surface area contributed by atoms with Gasteiger partial charge in [-0.05, 0) is 78.7 Å². The first-order valence-corrected chi connectivity index (χ1v) is 17.5. The monoisotopic (exact) mass is 651 g/mol. The molecule has 10 aromatic rings. The summed E-state index contributed by atoms with van der Waals surface area (Å²) in [6.07, 6.45) is 0. The molecule has 7 aromatic carbocycles. The zero-order valence-electron chi connectivity index (χ0n) is 28.2. The third-order valence-corrected chi connectivity index (χ3v) is 10.2. The molecule has 0 N–H and O–H groups in total. The average Bonchev–Trinajstić information content (AvgIpc) is 3.71. The fourth-order valence-electron chi connectivity index (χ4n) is 7.71. The summed E-state index contributed by atoms with van der Waals surface area (Å²) in [7, 11) is 0. The van der Waals surface area contributed by atoms with Crippen molar-refractivity contribution >= 4 is 43.6 Å². The van der Waals surface area contributed by atoms with E-state index in [1.165, 1.54) is 66.0 Å². The Labute approximate surface area is 296 Å². The van der Waals surface area contributed by atoms with E-state index in [0.717, 1.165) is 28.2 Å². The Hall–Kier alpha value is -6.71. The smallest absolute Gasteiger partial charge is 0.0730 e. The number of fused-ring (bicyclic) bond motifs is 6. The molecule has 240 valence electrons. The Morgan fingerprint density at radius 1 is 0.333 bits per heavy atom. The van der Waals surface area contributed by atoms with Crippen LogP contribution in [0.5, 0.6) is 0 Å². The molecule has 0 unspecified atom stereocenters. The van der Waals surface area contributed by atoms with Gasteiger partial charge < -0.3 is 9.13 Å². The molecule has 0 radical (unpaired) electrons. The van der Waals surface area contributed by atoms with Crippen LogP contribution in [0.1, 0.15) is 5.56 Å². The predicted molar refractivity (Wildman–Crippen MR) is 214 cm³/mol. The minimum Gasteiger partial charge on any atom is -0.309 e. The second-order valence-corrected chi connectivity index (χ2v) is 13.3. The molecule has 3 nitrogen and oxygen atoms in total. The van der Waals surface area contributed by atoms with E-state index in [0.29, 0.717) is 0 Å². The van der Waals surface area contributed by atoms with E-state index in [-0.39, 0.29) is 0 Å². The maximum Gasteiger partial charge on any atom is 0.0730 e. The minimum absolute atomic E-state index is 0.951. The lowest BCUT2D eigenvalue weighted by atomic mass is 10.0. The average molecular weight is 652 g/mol. The number of aromatic nitrogens is 3. The lowest BCUT2D eigenvalue weighted by Crippen LogP contribution is -1.98. The minimum atomic E-state index is 0.951. The predicted octanol–water partition coefficient (Wildman–Crippen LogP) is 12.6. The molecule has 3 aromatic heterocycles. The van der Waals surface area contributed by atoms with Gasteiger partial charge in [0.2, 0.25) is 0 Å². The van der Waals surface area contributed by atoms with Gasteiger partial charge in [-0.3, -0.25) is 0 Å². The zero-order valence-corrected chi connectivity index (χ0v) is 28.2. The Morgan fingerprint density at radius 3 is 1.27 bits per heavy atom. The molecule has 0 atom stereocenters. The van der Waals surface area contributed by atoms with Crippen LogP contribution >= 0.6 is 0 Å². The standard InChI is InChI=1S/C48H33N3/c1-32-20-24-37(25-21-32)50-45-18-10-8-16-39(45)41-28-35(22-26-47(41)50)36-23-27-48-42(29-36)40-17-9-11-19-46(40)51(48)38-30-43(33-12-4-2-5-13-33)49-44(31-38)34-14-6-3-7-15-34/h2-31H,1H3. The molecule has 51 heavy (non-hydrogen) atoms. The van der Waals surface area contributed by atoms with Crippen molar-refractivity contribution in [3.05, 3.63) is 188 Å². The lowest BCUT2D eigenvalue weighted by Gasteiger charge is -2.13. The van der Waals surface area contributed by atoms with Crippen molar-refractivity contribution in [2.75, 3.05) is 0 Å². The summed E-state index contributed by atoms with van der Waals surface area (Å²) in [6.45, 7) is 2.14. The highest BCUT2D eigenvalue weighted by Gasteiger charge is 2.17. The van der Waals surface area contributed by atoms with Gasteiger partial charge in [-0.2, -0.15) is 0 Å². The molecule has 0 amide bonds. The number of hydrogen-bond donors (Lipinski definition) is 0. The first-order chi connectivity index (χ1) is 25.2. The molecule has 0 fully saturated rings. The molecule has 0 aliphatic heterocycles. The van der Waals surface area contributed by atoms with E-state index >= 15 is 0 Å². The van der Waals surface area contributed by atoms with Crippen molar-refractivity contribution in [3.63, 3.8) is 0 Å². The Balaban J connectivity index is 1.16. The van der Waals surface area contributed by atoms with Gasteiger partial charge in [0.1, 0.15) is 0 Å². The fourth-order valence-corrected chi connectivity index (χ4v) is 7.71. The van der Waals surface area contributed by atoms with E-state index in [4.69, 9.17) is 4.98 Å². The Bertz CT molecular complexity index is 2840. The second-order valence-electron chi connectivity index (χ2n) is 13.3. The summed E-state index contributed by atoms with van der Waals surface area (Å²) in [5.74, 6) is 0. The van der Waals surface area contributed by atoms with Gasteiger partial charge in [-0.25, -0.2) is 4.98 Å². The SMILES string of the molecule is Cc1ccc(-n2c3ccccc3c3cc(-c4ccc5c(c4)c4ccccc4n5-c4cc(-c5ccccc5)nc(-c5ccccc5)c4)ccc32)cc1. The number of nitrogens with zero attached hydrogens (tertiary/aromatic N) is 3. The fraction of sp³-hybridized carbons (Fsp3) is 0.0208. The van der Waals surface area contributed by atoms with Crippen molar-refractivity contribution in [1.82, 2.24) is 14.1 Å².